The molecule has 2 aromatic carbocycles. The van der Waals surface area contributed by atoms with Crippen LogP contribution in [0.3, 0.4) is 0 Å². The molecule has 1 aliphatic heterocycles. The lowest BCUT2D eigenvalue weighted by atomic mass is 9.98. The average molecular weight is 347 g/mol. The van der Waals surface area contributed by atoms with Crippen molar-refractivity contribution in [1.29, 1.82) is 0 Å². The molecule has 0 unspecified atom stereocenters. The molecule has 0 atom stereocenters. The molecule has 1 N–H and O–H groups in total. The molecule has 1 aromatic heterocycles. The molecule has 26 heavy (non-hydrogen) atoms. The highest BCUT2D eigenvalue weighted by Crippen LogP contribution is 2.27. The average Bonchev–Trinajstić information content (AvgIpc) is 3.17. The largest absolute Gasteiger partial charge is 0.494 e. The van der Waals surface area contributed by atoms with Gasteiger partial charge in [-0.25, -0.2) is 0 Å². The Bertz CT molecular complexity index is 918. The van der Waals surface area contributed by atoms with Crippen LogP contribution < -0.4 is 4.74 Å². The van der Waals surface area contributed by atoms with E-state index in [4.69, 9.17) is 4.74 Å². The fourth-order valence-corrected chi connectivity index (χ4v) is 3.41. The maximum absolute atomic E-state index is 13.1. The van der Waals surface area contributed by atoms with Gasteiger partial charge >= 0.3 is 0 Å². The molecule has 5 heteroatoms. The highest BCUT2D eigenvalue weighted by atomic mass is 16.5. The van der Waals surface area contributed by atoms with Gasteiger partial charge < -0.3 is 9.64 Å². The first kappa shape index (κ1) is 16.4. The molecule has 0 spiro atoms. The second-order valence-electron chi connectivity index (χ2n) is 6.36. The predicted octanol–water partition coefficient (Wildman–Crippen LogP) is 3.67. The van der Waals surface area contributed by atoms with E-state index in [9.17, 15) is 4.79 Å². The molecule has 2 heterocycles. The molecule has 1 aliphatic rings. The maximum atomic E-state index is 13.1. The van der Waals surface area contributed by atoms with Crippen LogP contribution in [0.1, 0.15) is 28.4 Å². The van der Waals surface area contributed by atoms with Gasteiger partial charge in [0.1, 0.15) is 5.75 Å². The van der Waals surface area contributed by atoms with Gasteiger partial charge in [-0.2, -0.15) is 5.10 Å². The van der Waals surface area contributed by atoms with Gasteiger partial charge in [0, 0.05) is 18.7 Å². The van der Waals surface area contributed by atoms with Gasteiger partial charge in [-0.05, 0) is 36.6 Å². The zero-order chi connectivity index (χ0) is 17.9. The number of hydrogen-bond acceptors (Lipinski definition) is 3. The van der Waals surface area contributed by atoms with Gasteiger partial charge in [0.25, 0.3) is 5.91 Å². The quantitative estimate of drug-likeness (QED) is 0.783. The third kappa shape index (κ3) is 3.08. The molecule has 0 bridgehead atoms. The summed E-state index contributed by atoms with van der Waals surface area (Å²) in [5.41, 5.74) is 4.78. The van der Waals surface area contributed by atoms with Crippen molar-refractivity contribution in [1.82, 2.24) is 15.1 Å². The van der Waals surface area contributed by atoms with Crippen molar-refractivity contribution in [3.8, 4) is 17.0 Å². The van der Waals surface area contributed by atoms with Crippen molar-refractivity contribution >= 4 is 5.91 Å². The SMILES string of the molecule is CCOc1ccc2c(c1)CN(C(=O)c1cn[nH]c1-c1ccccc1)CC2. The normalized spacial score (nSPS) is 13.3. The summed E-state index contributed by atoms with van der Waals surface area (Å²) < 4.78 is 5.60. The topological polar surface area (TPSA) is 58.2 Å². The summed E-state index contributed by atoms with van der Waals surface area (Å²) in [6.07, 6.45) is 2.48. The Morgan fingerprint density at radius 1 is 1.19 bits per heavy atom. The Hall–Kier alpha value is -3.08. The van der Waals surface area contributed by atoms with Crippen molar-refractivity contribution in [2.45, 2.75) is 19.9 Å². The van der Waals surface area contributed by atoms with Gasteiger partial charge in [-0.3, -0.25) is 9.89 Å². The summed E-state index contributed by atoms with van der Waals surface area (Å²) in [6.45, 7) is 3.91. The third-order valence-electron chi connectivity index (χ3n) is 4.72. The minimum atomic E-state index is 0.00469. The maximum Gasteiger partial charge on any atom is 0.257 e. The van der Waals surface area contributed by atoms with Crippen LogP contribution in [-0.2, 0) is 13.0 Å². The minimum Gasteiger partial charge on any atom is -0.494 e. The van der Waals surface area contributed by atoms with E-state index in [1.165, 1.54) is 5.56 Å². The van der Waals surface area contributed by atoms with Crippen LogP contribution in [0.15, 0.2) is 54.7 Å². The van der Waals surface area contributed by atoms with Gasteiger partial charge in [0.05, 0.1) is 24.1 Å². The number of aromatic nitrogens is 2. The smallest absolute Gasteiger partial charge is 0.257 e. The number of amides is 1. The van der Waals surface area contributed by atoms with Crippen LogP contribution in [0.2, 0.25) is 0 Å². The van der Waals surface area contributed by atoms with Gasteiger partial charge in [0.2, 0.25) is 0 Å². The first-order valence-electron chi connectivity index (χ1n) is 8.89. The molecule has 132 valence electrons. The standard InChI is InChI=1S/C21H21N3O2/c1-2-26-18-9-8-15-10-11-24(14-17(15)12-18)21(25)19-13-22-23-20(19)16-6-4-3-5-7-16/h3-9,12-13H,2,10-11,14H2,1H3,(H,22,23). The molecule has 0 radical (unpaired) electrons. The fourth-order valence-electron chi connectivity index (χ4n) is 3.41. The Balaban J connectivity index is 1.59. The van der Waals surface area contributed by atoms with E-state index in [0.29, 0.717) is 25.3 Å². The summed E-state index contributed by atoms with van der Waals surface area (Å²) >= 11 is 0. The predicted molar refractivity (Wildman–Crippen MR) is 100 cm³/mol. The van der Waals surface area contributed by atoms with Crippen LogP contribution in [0.4, 0.5) is 0 Å². The Labute approximate surface area is 152 Å². The number of carbonyl (C=O) groups excluding carboxylic acids is 1. The Morgan fingerprint density at radius 2 is 2.04 bits per heavy atom. The summed E-state index contributed by atoms with van der Waals surface area (Å²) in [5.74, 6) is 0.860. The van der Waals surface area contributed by atoms with Crippen LogP contribution in [-0.4, -0.2) is 34.2 Å². The van der Waals surface area contributed by atoms with Crippen molar-refractivity contribution in [2.24, 2.45) is 0 Å². The van der Waals surface area contributed by atoms with Crippen LogP contribution >= 0.6 is 0 Å². The van der Waals surface area contributed by atoms with E-state index in [2.05, 4.69) is 16.3 Å². The zero-order valence-corrected chi connectivity index (χ0v) is 14.7. The van der Waals surface area contributed by atoms with Crippen molar-refractivity contribution in [2.75, 3.05) is 13.2 Å². The molecule has 5 nitrogen and oxygen atoms in total. The molecule has 4 rings (SSSR count). The summed E-state index contributed by atoms with van der Waals surface area (Å²) in [7, 11) is 0. The number of nitrogens with zero attached hydrogens (tertiary/aromatic N) is 2. The molecule has 3 aromatic rings. The number of fused-ring (bicyclic) bond motifs is 1. The zero-order valence-electron chi connectivity index (χ0n) is 14.7. The molecule has 0 saturated carbocycles. The molecule has 0 aliphatic carbocycles. The molecule has 0 saturated heterocycles. The molecule has 1 amide bonds. The van der Waals surface area contributed by atoms with E-state index in [1.54, 1.807) is 6.20 Å². The number of carbonyl (C=O) groups is 1. The monoisotopic (exact) mass is 347 g/mol. The van der Waals surface area contributed by atoms with Crippen LogP contribution in [0.5, 0.6) is 5.75 Å². The summed E-state index contributed by atoms with van der Waals surface area (Å²) in [6, 6.07) is 16.0. The number of nitrogens with one attached hydrogen (secondary N) is 1. The number of hydrogen-bond donors (Lipinski definition) is 1. The lowest BCUT2D eigenvalue weighted by Gasteiger charge is -2.29. The number of H-pyrrole nitrogens is 1. The summed E-state index contributed by atoms with van der Waals surface area (Å²) in [4.78, 5) is 15.0. The van der Waals surface area contributed by atoms with Gasteiger partial charge in [-0.1, -0.05) is 36.4 Å². The van der Waals surface area contributed by atoms with E-state index < -0.39 is 0 Å². The van der Waals surface area contributed by atoms with Crippen LogP contribution in [0, 0.1) is 0 Å². The van der Waals surface area contributed by atoms with E-state index >= 15 is 0 Å². The van der Waals surface area contributed by atoms with Gasteiger partial charge in [0.15, 0.2) is 0 Å². The highest BCUT2D eigenvalue weighted by molar-refractivity contribution is 5.99. The number of ether oxygens (including phenoxy) is 1. The van der Waals surface area contributed by atoms with E-state index in [0.717, 1.165) is 29.0 Å². The third-order valence-corrected chi connectivity index (χ3v) is 4.72. The van der Waals surface area contributed by atoms with Crippen molar-refractivity contribution in [3.05, 3.63) is 71.4 Å². The number of aromatic amines is 1. The number of rotatable bonds is 4. The Kier molecular flexibility index (Phi) is 4.44. The van der Waals surface area contributed by atoms with Crippen molar-refractivity contribution in [3.63, 3.8) is 0 Å². The Morgan fingerprint density at radius 3 is 2.85 bits per heavy atom. The first-order chi connectivity index (χ1) is 12.8. The minimum absolute atomic E-state index is 0.00469. The second kappa shape index (κ2) is 7.04. The molecular weight excluding hydrogens is 326 g/mol. The van der Waals surface area contributed by atoms with Gasteiger partial charge in [-0.15, -0.1) is 0 Å². The van der Waals surface area contributed by atoms with E-state index in [1.807, 2.05) is 54.3 Å². The lowest BCUT2D eigenvalue weighted by Crippen LogP contribution is -2.36. The van der Waals surface area contributed by atoms with Crippen LogP contribution in [0.25, 0.3) is 11.3 Å². The van der Waals surface area contributed by atoms with E-state index in [-0.39, 0.29) is 5.91 Å². The first-order valence-corrected chi connectivity index (χ1v) is 8.89. The molecular formula is C21H21N3O2. The second-order valence-corrected chi connectivity index (χ2v) is 6.36. The molecule has 0 fully saturated rings. The highest BCUT2D eigenvalue weighted by Gasteiger charge is 2.25. The lowest BCUT2D eigenvalue weighted by molar-refractivity contribution is 0.0735. The fraction of sp³-hybridized carbons (Fsp3) is 0.238. The summed E-state index contributed by atoms with van der Waals surface area (Å²) in [5, 5.41) is 7.07. The van der Waals surface area contributed by atoms with Crippen molar-refractivity contribution < 1.29 is 9.53 Å². The number of benzene rings is 2.